The molecule has 2 aliphatic heterocycles. The van der Waals surface area contributed by atoms with Crippen LogP contribution in [-0.2, 0) is 20.9 Å². The first kappa shape index (κ1) is 23.8. The summed E-state index contributed by atoms with van der Waals surface area (Å²) in [5.41, 5.74) is 5.37. The first-order valence-electron chi connectivity index (χ1n) is 10.3. The van der Waals surface area contributed by atoms with E-state index in [-0.39, 0.29) is 36.0 Å². The molecular formula is C21H25F3N4O4. The average molecular weight is 454 g/mol. The Morgan fingerprint density at radius 3 is 2.72 bits per heavy atom. The van der Waals surface area contributed by atoms with E-state index in [0.29, 0.717) is 45.4 Å². The summed E-state index contributed by atoms with van der Waals surface area (Å²) in [4.78, 5) is 27.2. The van der Waals surface area contributed by atoms with Gasteiger partial charge in [0.1, 0.15) is 5.75 Å². The van der Waals surface area contributed by atoms with E-state index in [2.05, 4.69) is 10.1 Å². The van der Waals surface area contributed by atoms with Gasteiger partial charge in [0.2, 0.25) is 11.8 Å². The highest BCUT2D eigenvalue weighted by Gasteiger charge is 2.41. The van der Waals surface area contributed by atoms with Crippen molar-refractivity contribution in [3.8, 4) is 11.8 Å². The number of hydrogen-bond donors (Lipinski definition) is 2. The number of amides is 2. The second-order valence-corrected chi connectivity index (χ2v) is 8.06. The maximum absolute atomic E-state index is 12.9. The standard InChI is InChI=1S/C21H25F3N4O4/c22-21(23,24)32-17-10-14(11-25)3-4-15(17)12-27-18(29)16-2-1-7-28(13-16)19(30)20(26)5-8-31-9-6-20/h3-4,10,16H,1-2,5-9,12-13,26H2,(H,27,29)/t16-/m1/s1. The molecule has 3 rings (SSSR count). The number of alkyl halides is 3. The number of carbonyl (C=O) groups is 2. The predicted octanol–water partition coefficient (Wildman–Crippen LogP) is 1.82. The molecule has 1 aromatic rings. The van der Waals surface area contributed by atoms with Gasteiger partial charge >= 0.3 is 6.36 Å². The van der Waals surface area contributed by atoms with Gasteiger partial charge in [-0.2, -0.15) is 5.26 Å². The molecule has 0 aromatic heterocycles. The highest BCUT2D eigenvalue weighted by molar-refractivity contribution is 5.87. The lowest BCUT2D eigenvalue weighted by molar-refractivity contribution is -0.274. The van der Waals surface area contributed by atoms with Gasteiger partial charge in [0.05, 0.1) is 23.1 Å². The minimum atomic E-state index is -4.93. The first-order chi connectivity index (χ1) is 15.1. The molecule has 11 heteroatoms. The molecule has 0 bridgehead atoms. The highest BCUT2D eigenvalue weighted by Crippen LogP contribution is 2.28. The summed E-state index contributed by atoms with van der Waals surface area (Å²) >= 11 is 0. The fraction of sp³-hybridized carbons (Fsp3) is 0.571. The number of nitrogens with zero attached hydrogens (tertiary/aromatic N) is 2. The number of halogens is 3. The van der Waals surface area contributed by atoms with E-state index in [1.807, 2.05) is 0 Å². The van der Waals surface area contributed by atoms with Crippen molar-refractivity contribution in [2.75, 3.05) is 26.3 Å². The largest absolute Gasteiger partial charge is 0.573 e. The highest BCUT2D eigenvalue weighted by atomic mass is 19.4. The van der Waals surface area contributed by atoms with Crippen LogP contribution in [0, 0.1) is 17.2 Å². The maximum Gasteiger partial charge on any atom is 0.573 e. The van der Waals surface area contributed by atoms with Crippen LogP contribution in [0.2, 0.25) is 0 Å². The van der Waals surface area contributed by atoms with Crippen molar-refractivity contribution in [2.24, 2.45) is 11.7 Å². The summed E-state index contributed by atoms with van der Waals surface area (Å²) in [6, 6.07) is 5.38. The quantitative estimate of drug-likeness (QED) is 0.701. The van der Waals surface area contributed by atoms with Crippen LogP contribution in [0.25, 0.3) is 0 Å². The molecule has 0 unspecified atom stereocenters. The third-order valence-electron chi connectivity index (χ3n) is 5.77. The number of benzene rings is 1. The Balaban J connectivity index is 1.62. The Bertz CT molecular complexity index is 894. The van der Waals surface area contributed by atoms with Gasteiger partial charge in [-0.3, -0.25) is 9.59 Å². The Morgan fingerprint density at radius 1 is 1.34 bits per heavy atom. The van der Waals surface area contributed by atoms with Crippen LogP contribution in [-0.4, -0.2) is 54.9 Å². The summed E-state index contributed by atoms with van der Waals surface area (Å²) < 4.78 is 47.4. The van der Waals surface area contributed by atoms with Gasteiger partial charge in [0, 0.05) is 38.4 Å². The van der Waals surface area contributed by atoms with Gasteiger partial charge in [-0.25, -0.2) is 0 Å². The summed E-state index contributed by atoms with van der Waals surface area (Å²) in [6.45, 7) is 1.31. The topological polar surface area (TPSA) is 118 Å². The molecule has 2 heterocycles. The maximum atomic E-state index is 12.9. The summed E-state index contributed by atoms with van der Waals surface area (Å²) in [5, 5.41) is 11.5. The number of nitrogens with two attached hydrogens (primary N) is 1. The van der Waals surface area contributed by atoms with E-state index in [4.69, 9.17) is 15.7 Å². The zero-order valence-corrected chi connectivity index (χ0v) is 17.4. The van der Waals surface area contributed by atoms with Crippen molar-refractivity contribution >= 4 is 11.8 Å². The molecule has 0 radical (unpaired) electrons. The summed E-state index contributed by atoms with van der Waals surface area (Å²) in [7, 11) is 0. The zero-order valence-electron chi connectivity index (χ0n) is 17.4. The molecule has 0 aliphatic carbocycles. The van der Waals surface area contributed by atoms with Crippen molar-refractivity contribution in [1.29, 1.82) is 5.26 Å². The van der Waals surface area contributed by atoms with Crippen molar-refractivity contribution < 1.29 is 32.2 Å². The van der Waals surface area contributed by atoms with E-state index in [1.165, 1.54) is 12.1 Å². The van der Waals surface area contributed by atoms with Crippen LogP contribution in [0.5, 0.6) is 5.75 Å². The number of nitrogens with one attached hydrogen (secondary N) is 1. The van der Waals surface area contributed by atoms with Crippen LogP contribution < -0.4 is 15.8 Å². The van der Waals surface area contributed by atoms with E-state index in [9.17, 15) is 22.8 Å². The second-order valence-electron chi connectivity index (χ2n) is 8.06. The summed E-state index contributed by atoms with van der Waals surface area (Å²) in [6.07, 6.45) is -2.93. The SMILES string of the molecule is N#Cc1ccc(CNC(=O)[C@@H]2CCCN(C(=O)C3(N)CCOCC3)C2)c(OC(F)(F)F)c1. The number of ether oxygens (including phenoxy) is 2. The Kier molecular flexibility index (Phi) is 7.26. The third-order valence-corrected chi connectivity index (χ3v) is 5.77. The van der Waals surface area contributed by atoms with Crippen molar-refractivity contribution in [1.82, 2.24) is 10.2 Å². The van der Waals surface area contributed by atoms with Gasteiger partial charge in [-0.1, -0.05) is 6.07 Å². The van der Waals surface area contributed by atoms with Crippen LogP contribution in [0.1, 0.15) is 36.8 Å². The fourth-order valence-electron chi connectivity index (χ4n) is 3.96. The monoisotopic (exact) mass is 454 g/mol. The van der Waals surface area contributed by atoms with Crippen molar-refractivity contribution in [3.05, 3.63) is 29.3 Å². The predicted molar refractivity (Wildman–Crippen MR) is 106 cm³/mol. The van der Waals surface area contributed by atoms with Crippen LogP contribution in [0.4, 0.5) is 13.2 Å². The minimum Gasteiger partial charge on any atom is -0.405 e. The Labute approximate surface area is 183 Å². The summed E-state index contributed by atoms with van der Waals surface area (Å²) in [5.74, 6) is -1.61. The zero-order chi connectivity index (χ0) is 23.4. The smallest absolute Gasteiger partial charge is 0.405 e. The number of nitriles is 1. The number of likely N-dealkylation sites (tertiary alicyclic amines) is 1. The fourth-order valence-corrected chi connectivity index (χ4v) is 3.96. The van der Waals surface area contributed by atoms with Crippen LogP contribution in [0.15, 0.2) is 18.2 Å². The van der Waals surface area contributed by atoms with Gasteiger partial charge in [-0.15, -0.1) is 13.2 Å². The van der Waals surface area contributed by atoms with Gasteiger partial charge in [0.25, 0.3) is 0 Å². The lowest BCUT2D eigenvalue weighted by Gasteiger charge is -2.40. The molecule has 1 atom stereocenters. The lowest BCUT2D eigenvalue weighted by atomic mass is 9.87. The van der Waals surface area contributed by atoms with E-state index < -0.39 is 23.6 Å². The molecule has 3 N–H and O–H groups in total. The second kappa shape index (κ2) is 9.75. The molecule has 2 saturated heterocycles. The Morgan fingerprint density at radius 2 is 2.06 bits per heavy atom. The van der Waals surface area contributed by atoms with Gasteiger partial charge in [-0.05, 0) is 37.8 Å². The third kappa shape index (κ3) is 5.89. The molecule has 0 spiro atoms. The first-order valence-corrected chi connectivity index (χ1v) is 10.3. The number of rotatable bonds is 5. The number of carbonyl (C=O) groups excluding carboxylic acids is 2. The van der Waals surface area contributed by atoms with Crippen LogP contribution >= 0.6 is 0 Å². The average Bonchev–Trinajstić information content (AvgIpc) is 2.77. The van der Waals surface area contributed by atoms with E-state index in [1.54, 1.807) is 11.0 Å². The van der Waals surface area contributed by atoms with E-state index in [0.717, 1.165) is 6.07 Å². The minimum absolute atomic E-state index is 0.00425. The van der Waals surface area contributed by atoms with Crippen LogP contribution in [0.3, 0.4) is 0 Å². The molecular weight excluding hydrogens is 429 g/mol. The van der Waals surface area contributed by atoms with Gasteiger partial charge in [0.15, 0.2) is 0 Å². The molecule has 0 saturated carbocycles. The normalized spacial score (nSPS) is 20.8. The molecule has 2 aliphatic rings. The van der Waals surface area contributed by atoms with Crippen molar-refractivity contribution in [3.63, 3.8) is 0 Å². The molecule has 2 fully saturated rings. The molecule has 1 aromatic carbocycles. The molecule has 32 heavy (non-hydrogen) atoms. The lowest BCUT2D eigenvalue weighted by Crippen LogP contribution is -2.60. The molecule has 8 nitrogen and oxygen atoms in total. The van der Waals surface area contributed by atoms with Crippen molar-refractivity contribution in [2.45, 2.75) is 44.1 Å². The Hall–Kier alpha value is -2.84. The number of piperidine rings is 1. The molecule has 2 amide bonds. The van der Waals surface area contributed by atoms with E-state index >= 15 is 0 Å². The number of hydrogen-bond acceptors (Lipinski definition) is 6. The van der Waals surface area contributed by atoms with Gasteiger partial charge < -0.3 is 25.4 Å². The molecule has 174 valence electrons.